The van der Waals surface area contributed by atoms with Crippen LogP contribution in [0.2, 0.25) is 0 Å². The number of hydrogen-bond acceptors (Lipinski definition) is 1. The number of benzene rings is 1. The van der Waals surface area contributed by atoms with E-state index < -0.39 is 0 Å². The Morgan fingerprint density at radius 3 is 2.50 bits per heavy atom. The predicted molar refractivity (Wildman–Crippen MR) is 71.7 cm³/mol. The van der Waals surface area contributed by atoms with Crippen molar-refractivity contribution in [2.24, 2.45) is 5.92 Å². The summed E-state index contributed by atoms with van der Waals surface area (Å²) in [5.74, 6) is 0.636. The van der Waals surface area contributed by atoms with Gasteiger partial charge in [0.25, 0.3) is 0 Å². The van der Waals surface area contributed by atoms with Crippen LogP contribution in [0.1, 0.15) is 51.3 Å². The zero-order chi connectivity index (χ0) is 12.0. The first-order valence-corrected chi connectivity index (χ1v) is 6.51. The van der Waals surface area contributed by atoms with Crippen LogP contribution in [0.5, 0.6) is 0 Å². The lowest BCUT2D eigenvalue weighted by Crippen LogP contribution is -2.25. The van der Waals surface area contributed by atoms with Gasteiger partial charge in [-0.2, -0.15) is 0 Å². The Kier molecular flexibility index (Phi) is 5.54. The molecule has 1 atom stereocenters. The summed E-state index contributed by atoms with van der Waals surface area (Å²) in [6.45, 7) is 9.99. The Balaban J connectivity index is 2.86. The molecule has 90 valence electrons. The van der Waals surface area contributed by atoms with Crippen LogP contribution in [0.4, 0.5) is 0 Å². The topological polar surface area (TPSA) is 12.0 Å². The smallest absolute Gasteiger partial charge is 0.0343 e. The first kappa shape index (κ1) is 13.2. The first-order valence-electron chi connectivity index (χ1n) is 6.51. The molecule has 1 nitrogen and oxygen atoms in total. The average Bonchev–Trinajstić information content (AvgIpc) is 2.26. The Morgan fingerprint density at radius 2 is 1.94 bits per heavy atom. The van der Waals surface area contributed by atoms with Crippen LogP contribution in [0.15, 0.2) is 24.3 Å². The highest BCUT2D eigenvalue weighted by molar-refractivity contribution is 5.26. The fourth-order valence-electron chi connectivity index (χ4n) is 2.19. The van der Waals surface area contributed by atoms with E-state index in [4.69, 9.17) is 0 Å². The zero-order valence-corrected chi connectivity index (χ0v) is 11.1. The summed E-state index contributed by atoms with van der Waals surface area (Å²) in [7, 11) is 0. The SMILES string of the molecule is CCCc1cccc(C(NCC)C(C)C)c1. The number of aryl methyl sites for hydroxylation is 1. The number of rotatable bonds is 6. The first-order chi connectivity index (χ1) is 7.69. The van der Waals surface area contributed by atoms with Gasteiger partial charge in [-0.15, -0.1) is 0 Å². The highest BCUT2D eigenvalue weighted by Gasteiger charge is 2.14. The summed E-state index contributed by atoms with van der Waals surface area (Å²) >= 11 is 0. The average molecular weight is 219 g/mol. The molecule has 0 radical (unpaired) electrons. The molecule has 0 heterocycles. The molecule has 1 unspecified atom stereocenters. The lowest BCUT2D eigenvalue weighted by Gasteiger charge is -2.22. The minimum Gasteiger partial charge on any atom is -0.310 e. The fourth-order valence-corrected chi connectivity index (χ4v) is 2.19. The molecule has 16 heavy (non-hydrogen) atoms. The Hall–Kier alpha value is -0.820. The van der Waals surface area contributed by atoms with E-state index in [0.717, 1.165) is 6.54 Å². The molecule has 0 aliphatic carbocycles. The van der Waals surface area contributed by atoms with Gasteiger partial charge in [0, 0.05) is 6.04 Å². The molecule has 1 heteroatoms. The van der Waals surface area contributed by atoms with Crippen LogP contribution in [0, 0.1) is 5.92 Å². The maximum atomic E-state index is 3.57. The molecule has 0 spiro atoms. The molecule has 1 aromatic carbocycles. The van der Waals surface area contributed by atoms with Crippen molar-refractivity contribution >= 4 is 0 Å². The minimum absolute atomic E-state index is 0.488. The van der Waals surface area contributed by atoms with Crippen molar-refractivity contribution < 1.29 is 0 Å². The van der Waals surface area contributed by atoms with Crippen LogP contribution in [-0.4, -0.2) is 6.54 Å². The molecule has 0 amide bonds. The van der Waals surface area contributed by atoms with Gasteiger partial charge in [0.05, 0.1) is 0 Å². The van der Waals surface area contributed by atoms with Crippen molar-refractivity contribution in [2.45, 2.75) is 46.6 Å². The van der Waals surface area contributed by atoms with Gasteiger partial charge in [0.1, 0.15) is 0 Å². The number of hydrogen-bond donors (Lipinski definition) is 1. The monoisotopic (exact) mass is 219 g/mol. The molecule has 0 aliphatic rings. The summed E-state index contributed by atoms with van der Waals surface area (Å²) in [6, 6.07) is 9.51. The highest BCUT2D eigenvalue weighted by Crippen LogP contribution is 2.22. The fraction of sp³-hybridized carbons (Fsp3) is 0.600. The van der Waals surface area contributed by atoms with Crippen molar-refractivity contribution in [3.63, 3.8) is 0 Å². The summed E-state index contributed by atoms with van der Waals surface area (Å²) < 4.78 is 0. The third-order valence-corrected chi connectivity index (χ3v) is 2.94. The second-order valence-electron chi connectivity index (χ2n) is 4.77. The molecule has 0 saturated carbocycles. The lowest BCUT2D eigenvalue weighted by atomic mass is 9.94. The molecule has 0 aromatic heterocycles. The highest BCUT2D eigenvalue weighted by atomic mass is 14.9. The molecule has 0 fully saturated rings. The van der Waals surface area contributed by atoms with Gasteiger partial charge < -0.3 is 5.32 Å². The zero-order valence-electron chi connectivity index (χ0n) is 11.1. The quantitative estimate of drug-likeness (QED) is 0.764. The molecule has 1 aromatic rings. The van der Waals surface area contributed by atoms with Gasteiger partial charge >= 0.3 is 0 Å². The van der Waals surface area contributed by atoms with Crippen LogP contribution >= 0.6 is 0 Å². The van der Waals surface area contributed by atoms with Gasteiger partial charge in [-0.1, -0.05) is 58.4 Å². The van der Waals surface area contributed by atoms with E-state index in [1.54, 1.807) is 0 Å². The van der Waals surface area contributed by atoms with Gasteiger partial charge in [-0.3, -0.25) is 0 Å². The van der Waals surface area contributed by atoms with Gasteiger partial charge in [0.15, 0.2) is 0 Å². The predicted octanol–water partition coefficient (Wildman–Crippen LogP) is 3.95. The summed E-state index contributed by atoms with van der Waals surface area (Å²) in [5.41, 5.74) is 2.89. The summed E-state index contributed by atoms with van der Waals surface area (Å²) in [4.78, 5) is 0. The normalized spacial score (nSPS) is 13.1. The van der Waals surface area contributed by atoms with Gasteiger partial charge in [0.2, 0.25) is 0 Å². The molecule has 1 N–H and O–H groups in total. The van der Waals surface area contributed by atoms with E-state index >= 15 is 0 Å². The van der Waals surface area contributed by atoms with Crippen LogP contribution in [0.25, 0.3) is 0 Å². The Morgan fingerprint density at radius 1 is 1.19 bits per heavy atom. The number of nitrogens with one attached hydrogen (secondary N) is 1. The summed E-state index contributed by atoms with van der Waals surface area (Å²) in [5, 5.41) is 3.57. The maximum absolute atomic E-state index is 3.57. The lowest BCUT2D eigenvalue weighted by molar-refractivity contribution is 0.421. The largest absolute Gasteiger partial charge is 0.310 e. The van der Waals surface area contributed by atoms with Gasteiger partial charge in [-0.05, 0) is 30.0 Å². The minimum atomic E-state index is 0.488. The van der Waals surface area contributed by atoms with E-state index in [1.807, 2.05) is 0 Å². The Labute approximate surface area is 100 Å². The van der Waals surface area contributed by atoms with Crippen molar-refractivity contribution in [1.29, 1.82) is 0 Å². The second-order valence-corrected chi connectivity index (χ2v) is 4.77. The maximum Gasteiger partial charge on any atom is 0.0343 e. The molecular weight excluding hydrogens is 194 g/mol. The van der Waals surface area contributed by atoms with Crippen LogP contribution in [-0.2, 0) is 6.42 Å². The van der Waals surface area contributed by atoms with Crippen LogP contribution in [0.3, 0.4) is 0 Å². The van der Waals surface area contributed by atoms with Crippen molar-refractivity contribution in [1.82, 2.24) is 5.32 Å². The molecular formula is C15H25N. The van der Waals surface area contributed by atoms with E-state index in [1.165, 1.54) is 24.0 Å². The van der Waals surface area contributed by atoms with E-state index in [0.29, 0.717) is 12.0 Å². The molecule has 0 aliphatic heterocycles. The molecule has 1 rings (SSSR count). The van der Waals surface area contributed by atoms with Gasteiger partial charge in [-0.25, -0.2) is 0 Å². The van der Waals surface area contributed by atoms with E-state index in [2.05, 4.69) is 57.3 Å². The van der Waals surface area contributed by atoms with Crippen LogP contribution < -0.4 is 5.32 Å². The summed E-state index contributed by atoms with van der Waals surface area (Å²) in [6.07, 6.45) is 2.40. The molecule has 0 saturated heterocycles. The van der Waals surface area contributed by atoms with Crippen molar-refractivity contribution in [3.8, 4) is 0 Å². The Bertz CT molecular complexity index is 304. The molecule has 0 bridgehead atoms. The second kappa shape index (κ2) is 6.70. The standard InChI is InChI=1S/C15H25N/c1-5-8-13-9-7-10-14(11-13)15(12(3)4)16-6-2/h7,9-12,15-16H,5-6,8H2,1-4H3. The third-order valence-electron chi connectivity index (χ3n) is 2.94. The third kappa shape index (κ3) is 3.64. The van der Waals surface area contributed by atoms with E-state index in [-0.39, 0.29) is 0 Å². The van der Waals surface area contributed by atoms with Crippen molar-refractivity contribution in [3.05, 3.63) is 35.4 Å². The van der Waals surface area contributed by atoms with E-state index in [9.17, 15) is 0 Å². The van der Waals surface area contributed by atoms with Crippen molar-refractivity contribution in [2.75, 3.05) is 6.54 Å².